The highest BCUT2D eigenvalue weighted by Crippen LogP contribution is 2.17. The third-order valence-electron chi connectivity index (χ3n) is 1.93. The summed E-state index contributed by atoms with van der Waals surface area (Å²) in [4.78, 5) is 25.1. The number of aromatic nitrogens is 3. The van der Waals surface area contributed by atoms with E-state index in [-0.39, 0.29) is 5.82 Å². The van der Waals surface area contributed by atoms with Gasteiger partial charge in [-0.3, -0.25) is 9.59 Å². The summed E-state index contributed by atoms with van der Waals surface area (Å²) in [7, 11) is 0. The Morgan fingerprint density at radius 1 is 1.53 bits per heavy atom. The predicted molar refractivity (Wildman–Crippen MR) is 48.3 cm³/mol. The van der Waals surface area contributed by atoms with Crippen LogP contribution in [0.4, 0.5) is 0 Å². The van der Waals surface area contributed by atoms with Gasteiger partial charge in [-0.2, -0.15) is 5.10 Å². The first-order valence-electron chi connectivity index (χ1n) is 4.38. The highest BCUT2D eigenvalue weighted by Gasteiger charge is 2.27. The molecule has 0 amide bonds. The molecule has 0 aliphatic heterocycles. The summed E-state index contributed by atoms with van der Waals surface area (Å²) in [5, 5.41) is 21.2. The third-order valence-corrected chi connectivity index (χ3v) is 1.93. The van der Waals surface area contributed by atoms with Crippen LogP contribution in [0.15, 0.2) is 6.33 Å². The van der Waals surface area contributed by atoms with Crippen molar-refractivity contribution in [3.05, 3.63) is 12.2 Å². The second kappa shape index (κ2) is 4.54. The lowest BCUT2D eigenvalue weighted by Gasteiger charge is -2.09. The number of aryl methyl sites for hydroxylation is 1. The fourth-order valence-corrected chi connectivity index (χ4v) is 1.25. The van der Waals surface area contributed by atoms with Crippen molar-refractivity contribution in [1.29, 1.82) is 0 Å². The molecule has 0 saturated heterocycles. The summed E-state index contributed by atoms with van der Waals surface area (Å²) in [6.07, 6.45) is 0.727. The number of carbonyl (C=O) groups is 2. The summed E-state index contributed by atoms with van der Waals surface area (Å²) in [5.74, 6) is -3.36. The molecular weight excluding hydrogens is 202 g/mol. The lowest BCUT2D eigenvalue weighted by molar-refractivity contribution is -0.145. The molecule has 82 valence electrons. The monoisotopic (exact) mass is 213 g/mol. The molecule has 0 spiro atoms. The zero-order valence-corrected chi connectivity index (χ0v) is 8.12. The van der Waals surface area contributed by atoms with Crippen LogP contribution in [0.25, 0.3) is 0 Å². The van der Waals surface area contributed by atoms with E-state index in [1.807, 2.05) is 0 Å². The molecule has 1 aromatic rings. The molecule has 1 aromatic heterocycles. The van der Waals surface area contributed by atoms with E-state index in [4.69, 9.17) is 10.2 Å². The summed E-state index contributed by atoms with van der Waals surface area (Å²) in [6, 6.07) is 0. The molecule has 1 atom stereocenters. The molecule has 7 nitrogen and oxygen atoms in total. The minimum Gasteiger partial charge on any atom is -0.481 e. The maximum Gasteiger partial charge on any atom is 0.314 e. The van der Waals surface area contributed by atoms with E-state index >= 15 is 0 Å². The normalized spacial score (nSPS) is 12.3. The molecular formula is C8H11N3O4. The number of nitrogens with zero attached hydrogens (tertiary/aromatic N) is 3. The summed E-state index contributed by atoms with van der Waals surface area (Å²) in [5.41, 5.74) is 0. The van der Waals surface area contributed by atoms with E-state index in [0.717, 1.165) is 0 Å². The highest BCUT2D eigenvalue weighted by molar-refractivity contribution is 5.81. The van der Waals surface area contributed by atoms with Gasteiger partial charge in [-0.05, 0) is 6.92 Å². The Labute approximate surface area is 85.4 Å². The van der Waals surface area contributed by atoms with Gasteiger partial charge in [-0.25, -0.2) is 9.67 Å². The van der Waals surface area contributed by atoms with Crippen LogP contribution in [-0.4, -0.2) is 36.9 Å². The Morgan fingerprint density at radius 2 is 2.20 bits per heavy atom. The quantitative estimate of drug-likeness (QED) is 0.709. The minimum atomic E-state index is -1.21. The molecule has 2 N–H and O–H groups in total. The van der Waals surface area contributed by atoms with Crippen molar-refractivity contribution < 1.29 is 19.8 Å². The lowest BCUT2D eigenvalue weighted by Crippen LogP contribution is -2.20. The first kappa shape index (κ1) is 11.2. The smallest absolute Gasteiger partial charge is 0.314 e. The molecule has 0 aromatic carbocycles. The second-order valence-corrected chi connectivity index (χ2v) is 2.92. The molecule has 0 aliphatic rings. The Kier molecular flexibility index (Phi) is 3.37. The zero-order chi connectivity index (χ0) is 11.4. The van der Waals surface area contributed by atoms with Gasteiger partial charge in [0.2, 0.25) is 0 Å². The average molecular weight is 213 g/mol. The van der Waals surface area contributed by atoms with Gasteiger partial charge in [0.1, 0.15) is 18.1 Å². The fraction of sp³-hybridized carbons (Fsp3) is 0.500. The van der Waals surface area contributed by atoms with E-state index in [1.165, 1.54) is 11.0 Å². The van der Waals surface area contributed by atoms with E-state index in [1.54, 1.807) is 6.92 Å². The van der Waals surface area contributed by atoms with Crippen LogP contribution in [-0.2, 0) is 16.1 Å². The Morgan fingerprint density at radius 3 is 2.67 bits per heavy atom. The van der Waals surface area contributed by atoms with Gasteiger partial charge in [-0.15, -0.1) is 0 Å². The molecule has 1 unspecified atom stereocenters. The summed E-state index contributed by atoms with van der Waals surface area (Å²) >= 11 is 0. The van der Waals surface area contributed by atoms with Gasteiger partial charge in [0.25, 0.3) is 0 Å². The van der Waals surface area contributed by atoms with Crippen LogP contribution in [0.5, 0.6) is 0 Å². The largest absolute Gasteiger partial charge is 0.481 e. The maximum atomic E-state index is 10.9. The van der Waals surface area contributed by atoms with Crippen molar-refractivity contribution in [3.63, 3.8) is 0 Å². The van der Waals surface area contributed by atoms with Crippen LogP contribution in [0.2, 0.25) is 0 Å². The summed E-state index contributed by atoms with van der Waals surface area (Å²) < 4.78 is 1.38. The highest BCUT2D eigenvalue weighted by atomic mass is 16.4. The molecule has 15 heavy (non-hydrogen) atoms. The van der Waals surface area contributed by atoms with Gasteiger partial charge in [-0.1, -0.05) is 0 Å². The van der Waals surface area contributed by atoms with Crippen molar-refractivity contribution in [2.24, 2.45) is 0 Å². The van der Waals surface area contributed by atoms with Gasteiger partial charge in [0, 0.05) is 6.54 Å². The minimum absolute atomic E-state index is 0.174. The predicted octanol–water partition coefficient (Wildman–Crippen LogP) is -0.0591. The molecule has 7 heteroatoms. The van der Waals surface area contributed by atoms with Gasteiger partial charge >= 0.3 is 11.9 Å². The van der Waals surface area contributed by atoms with E-state index < -0.39 is 24.3 Å². The number of aliphatic carboxylic acids is 2. The second-order valence-electron chi connectivity index (χ2n) is 2.92. The lowest BCUT2D eigenvalue weighted by atomic mass is 10.1. The topological polar surface area (TPSA) is 105 Å². The average Bonchev–Trinajstić information content (AvgIpc) is 2.60. The van der Waals surface area contributed by atoms with Gasteiger partial charge in [0.15, 0.2) is 0 Å². The standard InChI is InChI=1S/C8H11N3O4/c1-2-11-7(9-4-10-11)5(8(14)15)3-6(12)13/h4-5H,2-3H2,1H3,(H,12,13)(H,14,15). The van der Waals surface area contributed by atoms with Crippen molar-refractivity contribution >= 4 is 11.9 Å². The molecule has 0 radical (unpaired) electrons. The zero-order valence-electron chi connectivity index (χ0n) is 8.12. The van der Waals surface area contributed by atoms with Crippen LogP contribution in [0.3, 0.4) is 0 Å². The van der Waals surface area contributed by atoms with E-state index in [9.17, 15) is 9.59 Å². The van der Waals surface area contributed by atoms with Gasteiger partial charge < -0.3 is 10.2 Å². The number of hydrogen-bond acceptors (Lipinski definition) is 4. The fourth-order valence-electron chi connectivity index (χ4n) is 1.25. The maximum absolute atomic E-state index is 10.9. The Balaban J connectivity index is 2.98. The number of carboxylic acid groups (broad SMARTS) is 2. The molecule has 0 bridgehead atoms. The van der Waals surface area contributed by atoms with Crippen LogP contribution < -0.4 is 0 Å². The van der Waals surface area contributed by atoms with Crippen molar-refractivity contribution in [1.82, 2.24) is 14.8 Å². The van der Waals surface area contributed by atoms with Crippen molar-refractivity contribution in [2.45, 2.75) is 25.8 Å². The molecule has 1 heterocycles. The van der Waals surface area contributed by atoms with E-state index in [0.29, 0.717) is 6.54 Å². The Bertz CT molecular complexity index is 374. The molecule has 0 saturated carbocycles. The number of carboxylic acids is 2. The SMILES string of the molecule is CCn1ncnc1C(CC(=O)O)C(=O)O. The molecule has 0 fully saturated rings. The first-order valence-corrected chi connectivity index (χ1v) is 4.38. The summed E-state index contributed by atoms with van der Waals surface area (Å²) in [6.45, 7) is 2.23. The van der Waals surface area contributed by atoms with Crippen LogP contribution >= 0.6 is 0 Å². The van der Waals surface area contributed by atoms with E-state index in [2.05, 4.69) is 10.1 Å². The Hall–Kier alpha value is -1.92. The van der Waals surface area contributed by atoms with Crippen LogP contribution in [0.1, 0.15) is 25.1 Å². The number of rotatable bonds is 5. The number of hydrogen-bond donors (Lipinski definition) is 2. The third kappa shape index (κ3) is 2.52. The molecule has 0 aliphatic carbocycles. The van der Waals surface area contributed by atoms with Crippen LogP contribution in [0, 0.1) is 0 Å². The molecule has 1 rings (SSSR count). The van der Waals surface area contributed by atoms with Crippen molar-refractivity contribution in [3.8, 4) is 0 Å². The first-order chi connectivity index (χ1) is 7.06. The van der Waals surface area contributed by atoms with Gasteiger partial charge in [0.05, 0.1) is 6.42 Å². The van der Waals surface area contributed by atoms with Crippen molar-refractivity contribution in [2.75, 3.05) is 0 Å².